The van der Waals surface area contributed by atoms with Crippen molar-refractivity contribution in [3.63, 3.8) is 0 Å². The summed E-state index contributed by atoms with van der Waals surface area (Å²) in [6.07, 6.45) is 9.23. The molecule has 88 heavy (non-hydrogen) atoms. The molecular weight excluding hydrogens is 1110 g/mol. The number of nitrogens with one attached hydrogen (secondary N) is 4. The number of aromatic amines is 2. The van der Waals surface area contributed by atoms with Gasteiger partial charge in [0.05, 0.1) is 43.9 Å². The van der Waals surface area contributed by atoms with Gasteiger partial charge in [0.2, 0.25) is 0 Å². The minimum atomic E-state index is -0.254. The third-order valence-corrected chi connectivity index (χ3v) is 18.4. The molecule has 4 saturated heterocycles. The molecule has 8 heterocycles. The van der Waals surface area contributed by atoms with Gasteiger partial charge in [-0.2, -0.15) is 0 Å². The molecule has 4 aromatic heterocycles. The van der Waals surface area contributed by atoms with Crippen LogP contribution in [0.3, 0.4) is 0 Å². The van der Waals surface area contributed by atoms with Crippen LogP contribution in [-0.2, 0) is 51.5 Å². The number of rotatable bonds is 23. The van der Waals surface area contributed by atoms with Crippen LogP contribution >= 0.6 is 0 Å². The van der Waals surface area contributed by atoms with E-state index in [1.807, 2.05) is 64.4 Å². The topological polar surface area (TPSA) is 200 Å². The number of aryl methyl sites for hydroxylation is 3. The van der Waals surface area contributed by atoms with E-state index in [0.717, 1.165) is 176 Å². The fraction of sp³-hybridized carbons (Fsp3) is 0.514. The highest BCUT2D eigenvalue weighted by molar-refractivity contribution is 6.00. The van der Waals surface area contributed by atoms with E-state index >= 15 is 0 Å². The molecular formula is C70H92N10O8. The SMILES string of the molecule is CCCc1cc(C)[nH]c(=O)c1CNC(=O)c1cc(-c2ccc(CN3CCOCC3)nc2)cc(N(CC)C2CCOC(CC(C)c3cc(C)[nH]c(=O)c3CNC(=O)c3cc(-c4ccc(CN5CCOCC5)nc4)cc(N(CC)C4CCOCC4)c3C)C2)c1C. The predicted octanol–water partition coefficient (Wildman–Crippen LogP) is 9.47. The minimum Gasteiger partial charge on any atom is -0.381 e. The van der Waals surface area contributed by atoms with Crippen molar-refractivity contribution in [3.8, 4) is 22.3 Å². The highest BCUT2D eigenvalue weighted by atomic mass is 16.5. The number of hydrogen-bond donors (Lipinski definition) is 4. The summed E-state index contributed by atoms with van der Waals surface area (Å²) in [5.41, 5.74) is 14.4. The lowest BCUT2D eigenvalue weighted by Gasteiger charge is -2.40. The van der Waals surface area contributed by atoms with Crippen LogP contribution in [0.25, 0.3) is 22.3 Å². The maximum atomic E-state index is 14.8. The molecule has 0 aliphatic carbocycles. The summed E-state index contributed by atoms with van der Waals surface area (Å²) in [6, 6.07) is 21.1. The number of ether oxygens (including phenoxy) is 4. The minimum absolute atomic E-state index is 0.0409. The van der Waals surface area contributed by atoms with E-state index < -0.39 is 0 Å². The summed E-state index contributed by atoms with van der Waals surface area (Å²) in [4.78, 5) is 82.2. The van der Waals surface area contributed by atoms with Gasteiger partial charge in [0, 0.05) is 166 Å². The highest BCUT2D eigenvalue weighted by Gasteiger charge is 2.32. The van der Waals surface area contributed by atoms with Crippen LogP contribution in [0.15, 0.2) is 82.6 Å². The average Bonchev–Trinajstić information content (AvgIpc) is 3.53. The maximum absolute atomic E-state index is 14.8. The first-order chi connectivity index (χ1) is 42.7. The van der Waals surface area contributed by atoms with Gasteiger partial charge in [-0.3, -0.25) is 38.9 Å². The predicted molar refractivity (Wildman–Crippen MR) is 347 cm³/mol. The summed E-state index contributed by atoms with van der Waals surface area (Å²) in [7, 11) is 0. The molecule has 2 amide bonds. The standard InChI is InChI=1S/C70H92N10O8/c1-9-12-50-32-46(5)75-69(83)63(50)41-73-67(81)62-35-54(52-14-16-56(72-40-52)44-78-22-29-87-30-23-78)37-66(49(62)8)80(11-3)58-19-26-88-59(38-58)31-45(4)60-33-47(6)76-70(84)64(60)42-74-68(82)61-34-53(36-65(48(61)7)79(10-2)57-17-24-85-25-18-57)51-13-15-55(71-39-51)43-77-20-27-86-28-21-77/h13-16,32-37,39-40,45,57-59H,9-12,17-31,38,41-44H2,1-8H3,(H,73,81)(H,74,82)(H,75,83)(H,76,84). The maximum Gasteiger partial charge on any atom is 0.253 e. The van der Waals surface area contributed by atoms with E-state index in [9.17, 15) is 19.2 Å². The number of morpholine rings is 2. The van der Waals surface area contributed by atoms with Crippen LogP contribution in [0.2, 0.25) is 0 Å². The lowest BCUT2D eigenvalue weighted by molar-refractivity contribution is -0.00119. The Morgan fingerprint density at radius 1 is 0.614 bits per heavy atom. The molecule has 470 valence electrons. The largest absolute Gasteiger partial charge is 0.381 e. The quantitative estimate of drug-likeness (QED) is 0.0473. The highest BCUT2D eigenvalue weighted by Crippen LogP contribution is 2.38. The van der Waals surface area contributed by atoms with Gasteiger partial charge in [-0.15, -0.1) is 0 Å². The van der Waals surface area contributed by atoms with E-state index in [-0.39, 0.29) is 60.1 Å². The van der Waals surface area contributed by atoms with Crippen molar-refractivity contribution in [2.75, 3.05) is 95.3 Å². The number of H-pyrrole nitrogens is 2. The number of pyridine rings is 4. The van der Waals surface area contributed by atoms with E-state index in [2.05, 4.69) is 104 Å². The zero-order valence-electron chi connectivity index (χ0n) is 53.2. The Labute approximate surface area is 519 Å². The van der Waals surface area contributed by atoms with Crippen molar-refractivity contribution in [1.82, 2.24) is 40.4 Å². The molecule has 10 rings (SSSR count). The molecule has 18 nitrogen and oxygen atoms in total. The number of carbonyl (C=O) groups excluding carboxylic acids is 2. The second kappa shape index (κ2) is 30.0. The van der Waals surface area contributed by atoms with Gasteiger partial charge in [-0.1, -0.05) is 32.4 Å². The molecule has 6 aromatic rings. The van der Waals surface area contributed by atoms with Crippen LogP contribution in [0, 0.1) is 27.7 Å². The summed E-state index contributed by atoms with van der Waals surface area (Å²) >= 11 is 0. The Bertz CT molecular complexity index is 3480. The first-order valence-electron chi connectivity index (χ1n) is 32.2. The van der Waals surface area contributed by atoms with Crippen molar-refractivity contribution in [2.45, 2.75) is 151 Å². The third kappa shape index (κ3) is 15.5. The Kier molecular flexibility index (Phi) is 21.8. The zero-order valence-corrected chi connectivity index (χ0v) is 53.2. The Balaban J connectivity index is 0.885. The van der Waals surface area contributed by atoms with Crippen LogP contribution in [0.4, 0.5) is 11.4 Å². The van der Waals surface area contributed by atoms with Crippen molar-refractivity contribution in [3.05, 3.63) is 161 Å². The van der Waals surface area contributed by atoms with E-state index in [1.165, 1.54) is 0 Å². The molecule has 3 atom stereocenters. The molecule has 4 aliphatic heterocycles. The molecule has 18 heteroatoms. The second-order valence-corrected chi connectivity index (χ2v) is 24.5. The van der Waals surface area contributed by atoms with Crippen LogP contribution in [0.1, 0.15) is 149 Å². The Hall–Kier alpha value is -7.06. The molecule has 2 aromatic carbocycles. The normalized spacial score (nSPS) is 18.2. The molecule has 4 N–H and O–H groups in total. The number of carbonyl (C=O) groups is 2. The summed E-state index contributed by atoms with van der Waals surface area (Å²) in [6.45, 7) is 27.8. The molecule has 0 bridgehead atoms. The molecule has 0 saturated carbocycles. The molecule has 0 radical (unpaired) electrons. The Morgan fingerprint density at radius 2 is 1.10 bits per heavy atom. The summed E-state index contributed by atoms with van der Waals surface area (Å²) in [5, 5.41) is 6.37. The number of hydrogen-bond acceptors (Lipinski definition) is 14. The number of benzene rings is 2. The number of aromatic nitrogens is 4. The van der Waals surface area contributed by atoms with Crippen molar-refractivity contribution >= 4 is 23.2 Å². The van der Waals surface area contributed by atoms with Crippen LogP contribution in [0.5, 0.6) is 0 Å². The number of anilines is 2. The van der Waals surface area contributed by atoms with E-state index in [1.54, 1.807) is 0 Å². The van der Waals surface area contributed by atoms with Gasteiger partial charge in [0.15, 0.2) is 0 Å². The van der Waals surface area contributed by atoms with E-state index in [0.29, 0.717) is 68.3 Å². The lowest BCUT2D eigenvalue weighted by Crippen LogP contribution is -2.43. The second-order valence-electron chi connectivity index (χ2n) is 24.5. The molecule has 4 aliphatic rings. The van der Waals surface area contributed by atoms with Gasteiger partial charge in [-0.25, -0.2) is 0 Å². The summed E-state index contributed by atoms with van der Waals surface area (Å²) < 4.78 is 23.6. The molecule has 4 fully saturated rings. The van der Waals surface area contributed by atoms with Gasteiger partial charge in [-0.05, 0) is 168 Å². The number of nitrogens with zero attached hydrogens (tertiary/aromatic N) is 6. The third-order valence-electron chi connectivity index (χ3n) is 18.4. The van der Waals surface area contributed by atoms with E-state index in [4.69, 9.17) is 28.9 Å². The molecule has 3 unspecified atom stereocenters. The van der Waals surface area contributed by atoms with Crippen molar-refractivity contribution in [2.24, 2.45) is 0 Å². The van der Waals surface area contributed by atoms with Crippen molar-refractivity contribution < 1.29 is 28.5 Å². The smallest absolute Gasteiger partial charge is 0.253 e. The average molecular weight is 1200 g/mol. The van der Waals surface area contributed by atoms with Crippen LogP contribution in [-0.4, -0.2) is 145 Å². The number of amides is 2. The van der Waals surface area contributed by atoms with Crippen LogP contribution < -0.4 is 31.6 Å². The van der Waals surface area contributed by atoms with Gasteiger partial charge >= 0.3 is 0 Å². The monoisotopic (exact) mass is 1200 g/mol. The first-order valence-corrected chi connectivity index (χ1v) is 32.2. The van der Waals surface area contributed by atoms with Crippen molar-refractivity contribution in [1.29, 1.82) is 0 Å². The molecule has 0 spiro atoms. The zero-order chi connectivity index (χ0) is 61.8. The van der Waals surface area contributed by atoms with Gasteiger partial charge in [0.25, 0.3) is 22.9 Å². The first kappa shape index (κ1) is 63.9. The Morgan fingerprint density at radius 3 is 1.61 bits per heavy atom. The summed E-state index contributed by atoms with van der Waals surface area (Å²) in [5.74, 6) is -0.607. The fourth-order valence-electron chi connectivity index (χ4n) is 13.6. The lowest BCUT2D eigenvalue weighted by atomic mass is 9.87. The fourth-order valence-corrected chi connectivity index (χ4v) is 13.6. The van der Waals surface area contributed by atoms with Gasteiger partial charge < -0.3 is 49.3 Å². The van der Waals surface area contributed by atoms with Gasteiger partial charge in [0.1, 0.15) is 0 Å².